The van der Waals surface area contributed by atoms with Crippen molar-refractivity contribution in [3.8, 4) is 5.75 Å². The molecule has 3 rings (SSSR count). The summed E-state index contributed by atoms with van der Waals surface area (Å²) in [4.78, 5) is 30.0. The lowest BCUT2D eigenvalue weighted by atomic mass is 10.3. The molecule has 0 bridgehead atoms. The van der Waals surface area contributed by atoms with E-state index in [1.165, 1.54) is 11.8 Å². The van der Waals surface area contributed by atoms with Crippen LogP contribution in [0.15, 0.2) is 53.7 Å². The molecule has 0 aliphatic carbocycles. The fraction of sp³-hybridized carbons (Fsp3) is 0.316. The number of carbonyl (C=O) groups excluding carboxylic acids is 2. The molecule has 1 fully saturated rings. The van der Waals surface area contributed by atoms with Gasteiger partial charge in [0.25, 0.3) is 5.91 Å². The molecule has 27 heavy (non-hydrogen) atoms. The van der Waals surface area contributed by atoms with Gasteiger partial charge in [0, 0.05) is 25.0 Å². The third-order valence-corrected chi connectivity index (χ3v) is 4.80. The highest BCUT2D eigenvalue weighted by Gasteiger charge is 2.17. The molecule has 0 unspecified atom stereocenters. The molecule has 1 aromatic heterocycles. The number of carbonyl (C=O) groups is 2. The first kappa shape index (κ1) is 19.2. The minimum absolute atomic E-state index is 0.00752. The smallest absolute Gasteiger partial charge is 0.260 e. The average molecular weight is 387 g/mol. The van der Waals surface area contributed by atoms with Crippen LogP contribution in [0, 0.1) is 0 Å². The molecule has 0 radical (unpaired) electrons. The molecule has 1 aliphatic heterocycles. The number of nitrogens with zero attached hydrogens (tertiary/aromatic N) is 2. The Bertz CT molecular complexity index is 749. The first-order valence-corrected chi connectivity index (χ1v) is 9.61. The lowest BCUT2D eigenvalue weighted by molar-refractivity contribution is -0.137. The third-order valence-electron chi connectivity index (χ3n) is 3.85. The second-order valence-corrected chi connectivity index (χ2v) is 6.81. The molecule has 2 amide bonds. The number of hydrogen-bond donors (Lipinski definition) is 1. The fourth-order valence-corrected chi connectivity index (χ4v) is 3.11. The molecule has 0 saturated carbocycles. The lowest BCUT2D eigenvalue weighted by Crippen LogP contribution is -2.42. The molecule has 1 saturated heterocycles. The molecule has 2 aromatic rings. The van der Waals surface area contributed by atoms with Crippen LogP contribution in [-0.2, 0) is 14.3 Å². The zero-order chi connectivity index (χ0) is 18.9. The van der Waals surface area contributed by atoms with Crippen LogP contribution in [-0.4, -0.2) is 60.4 Å². The van der Waals surface area contributed by atoms with Crippen LogP contribution in [0.5, 0.6) is 5.75 Å². The summed E-state index contributed by atoms with van der Waals surface area (Å²) in [5, 5.41) is 3.63. The molecule has 1 aliphatic rings. The number of amides is 2. The largest absolute Gasteiger partial charge is 0.484 e. The number of morpholine rings is 1. The Morgan fingerprint density at radius 3 is 2.63 bits per heavy atom. The van der Waals surface area contributed by atoms with Gasteiger partial charge >= 0.3 is 0 Å². The van der Waals surface area contributed by atoms with Crippen LogP contribution in [0.25, 0.3) is 0 Å². The van der Waals surface area contributed by atoms with Gasteiger partial charge in [0.2, 0.25) is 5.91 Å². The van der Waals surface area contributed by atoms with Crippen molar-refractivity contribution < 1.29 is 19.1 Å². The van der Waals surface area contributed by atoms with Crippen LogP contribution in [0.3, 0.4) is 0 Å². The number of nitrogens with one attached hydrogen (secondary N) is 1. The quantitative estimate of drug-likeness (QED) is 0.733. The van der Waals surface area contributed by atoms with Gasteiger partial charge in [-0.05, 0) is 36.4 Å². The van der Waals surface area contributed by atoms with E-state index in [1.54, 1.807) is 35.4 Å². The Hall–Kier alpha value is -2.58. The van der Waals surface area contributed by atoms with E-state index in [0.29, 0.717) is 37.7 Å². The van der Waals surface area contributed by atoms with Crippen LogP contribution in [0.4, 0.5) is 5.69 Å². The molecular weight excluding hydrogens is 366 g/mol. The Kier molecular flexibility index (Phi) is 7.06. The van der Waals surface area contributed by atoms with Crippen molar-refractivity contribution >= 4 is 29.3 Å². The normalized spacial score (nSPS) is 13.9. The predicted molar refractivity (Wildman–Crippen MR) is 103 cm³/mol. The summed E-state index contributed by atoms with van der Waals surface area (Å²) in [5.41, 5.74) is 0.675. The van der Waals surface area contributed by atoms with Gasteiger partial charge in [-0.1, -0.05) is 17.8 Å². The van der Waals surface area contributed by atoms with Crippen molar-refractivity contribution in [2.45, 2.75) is 5.03 Å². The van der Waals surface area contributed by atoms with E-state index >= 15 is 0 Å². The summed E-state index contributed by atoms with van der Waals surface area (Å²) in [6, 6.07) is 12.5. The van der Waals surface area contributed by atoms with Crippen LogP contribution in [0.2, 0.25) is 0 Å². The van der Waals surface area contributed by atoms with E-state index in [1.807, 2.05) is 18.2 Å². The number of thioether (sulfide) groups is 1. The first-order chi connectivity index (χ1) is 13.2. The second kappa shape index (κ2) is 9.94. The second-order valence-electron chi connectivity index (χ2n) is 5.81. The van der Waals surface area contributed by atoms with Gasteiger partial charge in [-0.25, -0.2) is 4.98 Å². The highest BCUT2D eigenvalue weighted by atomic mass is 32.2. The number of anilines is 1. The zero-order valence-electron chi connectivity index (χ0n) is 14.8. The van der Waals surface area contributed by atoms with Gasteiger partial charge < -0.3 is 19.7 Å². The summed E-state index contributed by atoms with van der Waals surface area (Å²) in [6.45, 7) is 2.33. The summed E-state index contributed by atoms with van der Waals surface area (Å²) < 4.78 is 10.8. The van der Waals surface area contributed by atoms with Crippen molar-refractivity contribution in [1.29, 1.82) is 0 Å². The SMILES string of the molecule is O=C(CSc1ccccn1)Nc1ccc(OCC(=O)N2CCOCC2)cc1. The first-order valence-electron chi connectivity index (χ1n) is 8.63. The summed E-state index contributed by atoms with van der Waals surface area (Å²) in [6.07, 6.45) is 1.70. The van der Waals surface area contributed by atoms with Gasteiger partial charge in [0.05, 0.1) is 24.0 Å². The van der Waals surface area contributed by atoms with Crippen molar-refractivity contribution in [2.24, 2.45) is 0 Å². The van der Waals surface area contributed by atoms with Gasteiger partial charge in [0.1, 0.15) is 5.75 Å². The van der Waals surface area contributed by atoms with E-state index in [9.17, 15) is 9.59 Å². The minimum atomic E-state index is -0.109. The molecule has 0 atom stereocenters. The van der Waals surface area contributed by atoms with Gasteiger partial charge in [-0.3, -0.25) is 9.59 Å². The predicted octanol–water partition coefficient (Wildman–Crippen LogP) is 2.05. The average Bonchev–Trinajstić information content (AvgIpc) is 2.73. The number of aromatic nitrogens is 1. The molecule has 7 nitrogen and oxygen atoms in total. The number of ether oxygens (including phenoxy) is 2. The Balaban J connectivity index is 1.41. The van der Waals surface area contributed by atoms with Crippen molar-refractivity contribution in [1.82, 2.24) is 9.88 Å². The maximum Gasteiger partial charge on any atom is 0.260 e. The van der Waals surface area contributed by atoms with E-state index in [-0.39, 0.29) is 24.2 Å². The number of rotatable bonds is 7. The van der Waals surface area contributed by atoms with Gasteiger partial charge in [0.15, 0.2) is 6.61 Å². The minimum Gasteiger partial charge on any atom is -0.484 e. The van der Waals surface area contributed by atoms with E-state index < -0.39 is 0 Å². The number of pyridine rings is 1. The summed E-state index contributed by atoms with van der Waals surface area (Å²) in [7, 11) is 0. The van der Waals surface area contributed by atoms with E-state index in [0.717, 1.165) is 5.03 Å². The number of hydrogen-bond acceptors (Lipinski definition) is 6. The van der Waals surface area contributed by atoms with E-state index in [2.05, 4.69) is 10.3 Å². The molecule has 1 N–H and O–H groups in total. The summed E-state index contributed by atoms with van der Waals surface area (Å²) >= 11 is 1.38. The molecule has 8 heteroatoms. The Morgan fingerprint density at radius 1 is 1.15 bits per heavy atom. The highest BCUT2D eigenvalue weighted by Crippen LogP contribution is 2.18. The van der Waals surface area contributed by atoms with Crippen LogP contribution in [0.1, 0.15) is 0 Å². The molecule has 1 aromatic carbocycles. The van der Waals surface area contributed by atoms with E-state index in [4.69, 9.17) is 9.47 Å². The molecular formula is C19H21N3O4S. The Labute approximate surface area is 162 Å². The third kappa shape index (κ3) is 6.26. The Morgan fingerprint density at radius 2 is 1.93 bits per heavy atom. The molecule has 142 valence electrons. The maximum absolute atomic E-state index is 12.1. The molecule has 2 heterocycles. The van der Waals surface area contributed by atoms with Crippen molar-refractivity contribution in [3.63, 3.8) is 0 Å². The van der Waals surface area contributed by atoms with Gasteiger partial charge in [-0.15, -0.1) is 0 Å². The molecule has 0 spiro atoms. The van der Waals surface area contributed by atoms with Crippen LogP contribution >= 0.6 is 11.8 Å². The number of benzene rings is 1. The van der Waals surface area contributed by atoms with Gasteiger partial charge in [-0.2, -0.15) is 0 Å². The highest BCUT2D eigenvalue weighted by molar-refractivity contribution is 7.99. The van der Waals surface area contributed by atoms with Crippen LogP contribution < -0.4 is 10.1 Å². The standard InChI is InChI=1S/C19H21N3O4S/c23-17(14-27-18-3-1-2-8-20-18)21-15-4-6-16(7-5-15)26-13-19(24)22-9-11-25-12-10-22/h1-8H,9-14H2,(H,21,23). The zero-order valence-corrected chi connectivity index (χ0v) is 15.6. The monoisotopic (exact) mass is 387 g/mol. The van der Waals surface area contributed by atoms with Crippen molar-refractivity contribution in [2.75, 3.05) is 44.0 Å². The summed E-state index contributed by atoms with van der Waals surface area (Å²) in [5.74, 6) is 0.699. The topological polar surface area (TPSA) is 80.8 Å². The fourth-order valence-electron chi connectivity index (χ4n) is 2.45. The maximum atomic E-state index is 12.1. The lowest BCUT2D eigenvalue weighted by Gasteiger charge is -2.26. The van der Waals surface area contributed by atoms with Crippen molar-refractivity contribution in [3.05, 3.63) is 48.7 Å².